The Morgan fingerprint density at radius 2 is 1.02 bits per heavy atom. The summed E-state index contributed by atoms with van der Waals surface area (Å²) >= 11 is 5.26. The van der Waals surface area contributed by atoms with Crippen molar-refractivity contribution < 1.29 is 57.2 Å². The molecule has 0 saturated heterocycles. The SMILES string of the molecule is CC(=O)OCC(CNC(=O)c1c(I)c(OC(N)=O)c(I)c(C(=O)NCC(COC(C)=O)OC(C)=O)c1I)OC(C)=O. The fourth-order valence-electron chi connectivity index (χ4n) is 2.98. The van der Waals surface area contributed by atoms with E-state index in [1.807, 2.05) is 0 Å². The average Bonchev–Trinajstić information content (AvgIpc) is 2.84. The van der Waals surface area contributed by atoms with E-state index in [4.69, 9.17) is 29.4 Å². The molecule has 226 valence electrons. The summed E-state index contributed by atoms with van der Waals surface area (Å²) in [5.41, 5.74) is 5.07. The molecule has 3 amide bonds. The summed E-state index contributed by atoms with van der Waals surface area (Å²) in [6.07, 6.45) is -3.23. The van der Waals surface area contributed by atoms with Crippen LogP contribution in [0.25, 0.3) is 0 Å². The molecule has 0 fully saturated rings. The third kappa shape index (κ3) is 12.5. The van der Waals surface area contributed by atoms with Crippen molar-refractivity contribution in [3.8, 4) is 5.75 Å². The Morgan fingerprint density at radius 1 is 0.659 bits per heavy atom. The number of nitrogens with one attached hydrogen (secondary N) is 2. The first-order valence-electron chi connectivity index (χ1n) is 11.4. The standard InChI is InChI=1S/C23H26I3N3O12/c1-9(30)37-7-13(39-11(3)32)5-28-21(34)15-17(24)16(19(26)20(18(15)25)41-23(27)36)22(35)29-6-14(40-12(4)33)8-38-10(2)31/h13-14H,5-8H2,1-4H3,(H2,27,36)(H,28,34)(H,29,35). The molecule has 0 heterocycles. The Kier molecular flexibility index (Phi) is 15.5. The molecule has 0 saturated carbocycles. The molecule has 0 aliphatic rings. The van der Waals surface area contributed by atoms with Gasteiger partial charge in [-0.25, -0.2) is 4.79 Å². The van der Waals surface area contributed by atoms with E-state index < -0.39 is 54.0 Å². The van der Waals surface area contributed by atoms with Crippen LogP contribution in [0.5, 0.6) is 5.75 Å². The summed E-state index contributed by atoms with van der Waals surface area (Å²) < 4.78 is 25.4. The maximum Gasteiger partial charge on any atom is 0.410 e. The number of primary amides is 1. The summed E-state index contributed by atoms with van der Waals surface area (Å²) in [6, 6.07) is 0. The second-order valence-electron chi connectivity index (χ2n) is 7.93. The van der Waals surface area contributed by atoms with Gasteiger partial charge in [-0.2, -0.15) is 0 Å². The molecule has 4 N–H and O–H groups in total. The summed E-state index contributed by atoms with van der Waals surface area (Å²) in [5, 5.41) is 5.09. The third-order valence-electron chi connectivity index (χ3n) is 4.52. The van der Waals surface area contributed by atoms with E-state index in [9.17, 15) is 33.6 Å². The van der Waals surface area contributed by atoms with Crippen molar-refractivity contribution in [2.45, 2.75) is 39.9 Å². The quantitative estimate of drug-likeness (QED) is 0.146. The number of nitrogens with two attached hydrogens (primary N) is 1. The van der Waals surface area contributed by atoms with Gasteiger partial charge in [-0.05, 0) is 67.8 Å². The van der Waals surface area contributed by atoms with Crippen molar-refractivity contribution in [2.24, 2.45) is 5.73 Å². The monoisotopic (exact) mass is 917 g/mol. The van der Waals surface area contributed by atoms with Crippen LogP contribution in [0.3, 0.4) is 0 Å². The lowest BCUT2D eigenvalue weighted by Crippen LogP contribution is -2.40. The number of halogens is 3. The number of carbonyl (C=O) groups excluding carboxylic acids is 7. The highest BCUT2D eigenvalue weighted by molar-refractivity contribution is 14.1. The minimum absolute atomic E-state index is 0.0708. The topological polar surface area (TPSA) is 216 Å². The molecule has 0 aliphatic carbocycles. The first kappa shape index (κ1) is 36.5. The number of benzene rings is 1. The first-order chi connectivity index (χ1) is 19.0. The molecule has 0 aromatic heterocycles. The number of ether oxygens (including phenoxy) is 5. The van der Waals surface area contributed by atoms with E-state index in [0.29, 0.717) is 0 Å². The van der Waals surface area contributed by atoms with E-state index >= 15 is 0 Å². The van der Waals surface area contributed by atoms with Crippen LogP contribution in [-0.4, -0.2) is 80.3 Å². The molecule has 41 heavy (non-hydrogen) atoms. The molecule has 0 spiro atoms. The van der Waals surface area contributed by atoms with Crippen LogP contribution in [0, 0.1) is 10.7 Å². The van der Waals surface area contributed by atoms with E-state index in [0.717, 1.165) is 27.7 Å². The zero-order chi connectivity index (χ0) is 31.4. The second kappa shape index (κ2) is 17.5. The lowest BCUT2D eigenvalue weighted by Gasteiger charge is -2.21. The Balaban J connectivity index is 3.39. The van der Waals surface area contributed by atoms with Crippen LogP contribution < -0.4 is 21.1 Å². The van der Waals surface area contributed by atoms with Crippen LogP contribution in [0.1, 0.15) is 48.4 Å². The highest BCUT2D eigenvalue weighted by atomic mass is 127. The Hall–Kier alpha value is -2.50. The van der Waals surface area contributed by atoms with E-state index in [1.54, 1.807) is 67.8 Å². The molecule has 2 atom stereocenters. The lowest BCUT2D eigenvalue weighted by atomic mass is 10.1. The van der Waals surface area contributed by atoms with Gasteiger partial charge in [0.05, 0.1) is 31.4 Å². The summed E-state index contributed by atoms with van der Waals surface area (Å²) in [7, 11) is 0. The molecular weight excluding hydrogens is 891 g/mol. The van der Waals surface area contributed by atoms with Gasteiger partial charge in [0, 0.05) is 31.3 Å². The predicted octanol–water partition coefficient (Wildman–Crippen LogP) is 1.41. The number of rotatable bonds is 13. The summed E-state index contributed by atoms with van der Waals surface area (Å²) in [4.78, 5) is 83.4. The molecule has 15 nitrogen and oxygen atoms in total. The van der Waals surface area contributed by atoms with Crippen LogP contribution in [0.4, 0.5) is 4.79 Å². The van der Waals surface area contributed by atoms with Gasteiger partial charge in [0.15, 0.2) is 18.0 Å². The third-order valence-corrected chi connectivity index (χ3v) is 7.66. The van der Waals surface area contributed by atoms with Gasteiger partial charge >= 0.3 is 30.0 Å². The van der Waals surface area contributed by atoms with Crippen molar-refractivity contribution in [1.82, 2.24) is 10.6 Å². The Labute approximate surface area is 275 Å². The van der Waals surface area contributed by atoms with E-state index in [2.05, 4.69) is 10.6 Å². The zero-order valence-corrected chi connectivity index (χ0v) is 28.6. The Bertz CT molecular complexity index is 1140. The van der Waals surface area contributed by atoms with Crippen LogP contribution in [0.15, 0.2) is 0 Å². The number of hydrogen-bond donors (Lipinski definition) is 3. The molecule has 2 unspecified atom stereocenters. The van der Waals surface area contributed by atoms with Gasteiger partial charge in [0.2, 0.25) is 0 Å². The van der Waals surface area contributed by atoms with Crippen molar-refractivity contribution in [1.29, 1.82) is 0 Å². The predicted molar refractivity (Wildman–Crippen MR) is 164 cm³/mol. The normalized spacial score (nSPS) is 11.8. The molecule has 18 heteroatoms. The Morgan fingerprint density at radius 3 is 1.32 bits per heavy atom. The fourth-order valence-corrected chi connectivity index (χ4v) is 7.35. The number of carbonyl (C=O) groups is 7. The summed E-state index contributed by atoms with van der Waals surface area (Å²) in [5.74, 6) is -4.25. The largest absolute Gasteiger partial charge is 0.462 e. The molecule has 0 aliphatic heterocycles. The van der Waals surface area contributed by atoms with Crippen LogP contribution >= 0.6 is 67.8 Å². The molecule has 1 aromatic rings. The minimum atomic E-state index is -1.20. The zero-order valence-electron chi connectivity index (χ0n) is 22.1. The highest BCUT2D eigenvalue weighted by Gasteiger charge is 2.30. The van der Waals surface area contributed by atoms with Crippen LogP contribution in [-0.2, 0) is 38.1 Å². The second-order valence-corrected chi connectivity index (χ2v) is 11.2. The summed E-state index contributed by atoms with van der Waals surface area (Å²) in [6.45, 7) is 3.44. The number of hydrogen-bond acceptors (Lipinski definition) is 12. The number of amides is 3. The molecular formula is C23H26I3N3O12. The fraction of sp³-hybridized carbons (Fsp3) is 0.435. The van der Waals surface area contributed by atoms with Crippen LogP contribution in [0.2, 0.25) is 0 Å². The van der Waals surface area contributed by atoms with Crippen molar-refractivity contribution in [3.63, 3.8) is 0 Å². The van der Waals surface area contributed by atoms with Gasteiger partial charge in [0.1, 0.15) is 13.2 Å². The first-order valence-corrected chi connectivity index (χ1v) is 14.6. The molecule has 1 aromatic carbocycles. The maximum absolute atomic E-state index is 13.3. The smallest absolute Gasteiger partial charge is 0.410 e. The van der Waals surface area contributed by atoms with E-state index in [-0.39, 0.29) is 53.9 Å². The van der Waals surface area contributed by atoms with Gasteiger partial charge < -0.3 is 40.1 Å². The van der Waals surface area contributed by atoms with Crippen molar-refractivity contribution >= 4 is 110 Å². The number of esters is 4. The van der Waals surface area contributed by atoms with Gasteiger partial charge in [-0.15, -0.1) is 0 Å². The maximum atomic E-state index is 13.3. The molecule has 0 bridgehead atoms. The lowest BCUT2D eigenvalue weighted by molar-refractivity contribution is -0.155. The van der Waals surface area contributed by atoms with Crippen molar-refractivity contribution in [3.05, 3.63) is 21.8 Å². The minimum Gasteiger partial charge on any atom is -0.462 e. The highest BCUT2D eigenvalue weighted by Crippen LogP contribution is 2.37. The van der Waals surface area contributed by atoms with E-state index in [1.165, 1.54) is 0 Å². The van der Waals surface area contributed by atoms with Gasteiger partial charge in [0.25, 0.3) is 11.8 Å². The average molecular weight is 917 g/mol. The van der Waals surface area contributed by atoms with Gasteiger partial charge in [-0.1, -0.05) is 0 Å². The molecule has 0 radical (unpaired) electrons. The van der Waals surface area contributed by atoms with Gasteiger partial charge in [-0.3, -0.25) is 28.8 Å². The molecule has 1 rings (SSSR count). The van der Waals surface area contributed by atoms with Crippen molar-refractivity contribution in [2.75, 3.05) is 26.3 Å².